The van der Waals surface area contributed by atoms with Crippen LogP contribution in [0.3, 0.4) is 0 Å². The SMILES string of the molecule is CCOc1ccc2c(c1)C(C#N)C(c1ccc(NC(=O)OC(C)(C)C)cc1)N2CC. The van der Waals surface area contributed by atoms with Crippen molar-refractivity contribution in [3.8, 4) is 11.8 Å². The van der Waals surface area contributed by atoms with Crippen molar-refractivity contribution >= 4 is 17.5 Å². The molecule has 0 bridgehead atoms. The zero-order valence-electron chi connectivity index (χ0n) is 18.2. The van der Waals surface area contributed by atoms with Crippen LogP contribution in [-0.4, -0.2) is 24.8 Å². The van der Waals surface area contributed by atoms with Crippen molar-refractivity contribution in [2.75, 3.05) is 23.4 Å². The predicted molar refractivity (Wildman–Crippen MR) is 118 cm³/mol. The fraction of sp³-hybridized carbons (Fsp3) is 0.417. The van der Waals surface area contributed by atoms with Gasteiger partial charge in [-0.25, -0.2) is 4.79 Å². The highest BCUT2D eigenvalue weighted by Crippen LogP contribution is 2.49. The molecule has 6 heteroatoms. The molecule has 1 amide bonds. The van der Waals surface area contributed by atoms with Crippen LogP contribution in [0.2, 0.25) is 0 Å². The lowest BCUT2D eigenvalue weighted by Gasteiger charge is -2.28. The predicted octanol–water partition coefficient (Wildman–Crippen LogP) is 5.62. The van der Waals surface area contributed by atoms with Gasteiger partial charge in [-0.1, -0.05) is 12.1 Å². The number of hydrogen-bond donors (Lipinski definition) is 1. The average molecular weight is 408 g/mol. The Hall–Kier alpha value is -3.20. The van der Waals surface area contributed by atoms with E-state index in [1.165, 1.54) is 0 Å². The maximum atomic E-state index is 12.0. The van der Waals surface area contributed by atoms with E-state index in [1.54, 1.807) is 0 Å². The third kappa shape index (κ3) is 4.51. The van der Waals surface area contributed by atoms with Crippen molar-refractivity contribution in [3.05, 3.63) is 53.6 Å². The zero-order chi connectivity index (χ0) is 21.9. The first-order valence-electron chi connectivity index (χ1n) is 10.3. The number of benzene rings is 2. The molecule has 0 saturated heterocycles. The van der Waals surface area contributed by atoms with Crippen LogP contribution in [0.25, 0.3) is 0 Å². The topological polar surface area (TPSA) is 74.6 Å². The van der Waals surface area contributed by atoms with Crippen LogP contribution in [0.5, 0.6) is 5.75 Å². The van der Waals surface area contributed by atoms with Gasteiger partial charge in [0.2, 0.25) is 0 Å². The number of rotatable bonds is 5. The van der Waals surface area contributed by atoms with Crippen molar-refractivity contribution in [1.82, 2.24) is 0 Å². The van der Waals surface area contributed by atoms with Gasteiger partial charge in [-0.05, 0) is 76.1 Å². The van der Waals surface area contributed by atoms with E-state index >= 15 is 0 Å². The Morgan fingerprint density at radius 2 is 1.87 bits per heavy atom. The first-order chi connectivity index (χ1) is 14.3. The van der Waals surface area contributed by atoms with Crippen molar-refractivity contribution in [3.63, 3.8) is 0 Å². The van der Waals surface area contributed by atoms with Crippen LogP contribution >= 0.6 is 0 Å². The molecule has 1 N–H and O–H groups in total. The largest absolute Gasteiger partial charge is 0.494 e. The molecule has 1 aliphatic heterocycles. The number of amides is 1. The highest BCUT2D eigenvalue weighted by atomic mass is 16.6. The molecule has 2 aromatic rings. The molecule has 1 heterocycles. The monoisotopic (exact) mass is 407 g/mol. The standard InChI is InChI=1S/C24H29N3O3/c1-6-27-21-13-12-18(29-7-2)14-19(21)20(15-25)22(27)16-8-10-17(11-9-16)26-23(28)30-24(3,4)5/h8-14,20,22H,6-7H2,1-5H3,(H,26,28). The van der Waals surface area contributed by atoms with Crippen molar-refractivity contribution in [2.24, 2.45) is 0 Å². The van der Waals surface area contributed by atoms with Gasteiger partial charge in [-0.2, -0.15) is 5.26 Å². The lowest BCUT2D eigenvalue weighted by molar-refractivity contribution is 0.0636. The molecule has 2 atom stereocenters. The Kier molecular flexibility index (Phi) is 6.21. The molecule has 0 spiro atoms. The molecule has 3 rings (SSSR count). The second-order valence-corrected chi connectivity index (χ2v) is 8.24. The minimum atomic E-state index is -0.554. The van der Waals surface area contributed by atoms with E-state index in [9.17, 15) is 10.1 Å². The summed E-state index contributed by atoms with van der Waals surface area (Å²) in [5.41, 5.74) is 3.17. The summed E-state index contributed by atoms with van der Waals surface area (Å²) in [6.07, 6.45) is -0.489. The Balaban J connectivity index is 1.85. The number of carbonyl (C=O) groups excluding carboxylic acids is 1. The summed E-state index contributed by atoms with van der Waals surface area (Å²) in [6, 6.07) is 16.0. The van der Waals surface area contributed by atoms with Crippen LogP contribution in [0.15, 0.2) is 42.5 Å². The van der Waals surface area contributed by atoms with Gasteiger partial charge >= 0.3 is 6.09 Å². The molecule has 0 aliphatic carbocycles. The average Bonchev–Trinajstić information content (AvgIpc) is 3.00. The van der Waals surface area contributed by atoms with Gasteiger partial charge in [-0.15, -0.1) is 0 Å². The van der Waals surface area contributed by atoms with Gasteiger partial charge in [0.25, 0.3) is 0 Å². The lowest BCUT2D eigenvalue weighted by Crippen LogP contribution is -2.27. The number of likely N-dealkylation sites (N-methyl/N-ethyl adjacent to an activating group) is 1. The second-order valence-electron chi connectivity index (χ2n) is 8.24. The number of hydrogen-bond acceptors (Lipinski definition) is 5. The number of nitrogens with zero attached hydrogens (tertiary/aromatic N) is 2. The maximum absolute atomic E-state index is 12.0. The van der Waals surface area contributed by atoms with Gasteiger partial charge in [-0.3, -0.25) is 5.32 Å². The molecule has 6 nitrogen and oxygen atoms in total. The van der Waals surface area contributed by atoms with Crippen LogP contribution in [0, 0.1) is 11.3 Å². The van der Waals surface area contributed by atoms with Crippen LogP contribution in [0.1, 0.15) is 57.7 Å². The minimum Gasteiger partial charge on any atom is -0.494 e. The van der Waals surface area contributed by atoms with Crippen molar-refractivity contribution in [1.29, 1.82) is 5.26 Å². The molecular formula is C24H29N3O3. The summed E-state index contributed by atoms with van der Waals surface area (Å²) in [5.74, 6) is 0.482. The van der Waals surface area contributed by atoms with Crippen molar-refractivity contribution in [2.45, 2.75) is 52.2 Å². The Bertz CT molecular complexity index is 942. The van der Waals surface area contributed by atoms with E-state index in [0.717, 1.165) is 29.1 Å². The summed E-state index contributed by atoms with van der Waals surface area (Å²) in [4.78, 5) is 14.2. The number of carbonyl (C=O) groups is 1. The van der Waals surface area contributed by atoms with E-state index in [1.807, 2.05) is 70.2 Å². The van der Waals surface area contributed by atoms with Crippen LogP contribution < -0.4 is 15.0 Å². The normalized spacial score (nSPS) is 17.8. The first kappa shape index (κ1) is 21.5. The molecule has 1 aliphatic rings. The quantitative estimate of drug-likeness (QED) is 0.696. The van der Waals surface area contributed by atoms with Gasteiger partial charge in [0.15, 0.2) is 0 Å². The lowest BCUT2D eigenvalue weighted by atomic mass is 9.91. The van der Waals surface area contributed by atoms with Crippen LogP contribution in [0.4, 0.5) is 16.2 Å². The number of nitrogens with one attached hydrogen (secondary N) is 1. The summed E-state index contributed by atoms with van der Waals surface area (Å²) >= 11 is 0. The van der Waals surface area contributed by atoms with E-state index in [0.29, 0.717) is 12.3 Å². The van der Waals surface area contributed by atoms with E-state index in [4.69, 9.17) is 9.47 Å². The fourth-order valence-electron chi connectivity index (χ4n) is 3.86. The number of anilines is 2. The molecule has 30 heavy (non-hydrogen) atoms. The number of nitriles is 1. The number of ether oxygens (including phenoxy) is 2. The molecule has 0 saturated carbocycles. The maximum Gasteiger partial charge on any atom is 0.412 e. The van der Waals surface area contributed by atoms with Crippen LogP contribution in [-0.2, 0) is 4.74 Å². The summed E-state index contributed by atoms with van der Waals surface area (Å²) in [7, 11) is 0. The van der Waals surface area contributed by atoms with E-state index in [-0.39, 0.29) is 12.0 Å². The first-order valence-corrected chi connectivity index (χ1v) is 10.3. The van der Waals surface area contributed by atoms with E-state index < -0.39 is 11.7 Å². The van der Waals surface area contributed by atoms with Gasteiger partial charge in [0, 0.05) is 17.9 Å². The van der Waals surface area contributed by atoms with Gasteiger partial charge < -0.3 is 14.4 Å². The smallest absolute Gasteiger partial charge is 0.412 e. The third-order valence-corrected chi connectivity index (χ3v) is 4.98. The molecule has 0 fully saturated rings. The third-order valence-electron chi connectivity index (χ3n) is 4.98. The Morgan fingerprint density at radius 1 is 1.17 bits per heavy atom. The summed E-state index contributed by atoms with van der Waals surface area (Å²) < 4.78 is 10.9. The summed E-state index contributed by atoms with van der Waals surface area (Å²) in [5, 5.41) is 12.7. The highest BCUT2D eigenvalue weighted by molar-refractivity contribution is 5.84. The zero-order valence-corrected chi connectivity index (χ0v) is 18.2. The molecule has 0 radical (unpaired) electrons. The molecule has 2 aromatic carbocycles. The van der Waals surface area contributed by atoms with Crippen molar-refractivity contribution < 1.29 is 14.3 Å². The molecular weight excluding hydrogens is 378 g/mol. The van der Waals surface area contributed by atoms with Gasteiger partial charge in [0.1, 0.15) is 11.4 Å². The second kappa shape index (κ2) is 8.66. The number of fused-ring (bicyclic) bond motifs is 1. The molecule has 0 aromatic heterocycles. The molecule has 2 unspecified atom stereocenters. The summed E-state index contributed by atoms with van der Waals surface area (Å²) in [6.45, 7) is 10.9. The highest BCUT2D eigenvalue weighted by Gasteiger charge is 2.39. The molecule has 158 valence electrons. The Labute approximate surface area is 178 Å². The Morgan fingerprint density at radius 3 is 2.43 bits per heavy atom. The van der Waals surface area contributed by atoms with E-state index in [2.05, 4.69) is 23.2 Å². The fourth-order valence-corrected chi connectivity index (χ4v) is 3.86. The minimum absolute atomic E-state index is 0.0950. The van der Waals surface area contributed by atoms with Gasteiger partial charge in [0.05, 0.1) is 24.6 Å².